The van der Waals surface area contributed by atoms with Crippen molar-refractivity contribution >= 4 is 15.9 Å². The van der Waals surface area contributed by atoms with Crippen LogP contribution in [0.25, 0.3) is 0 Å². The van der Waals surface area contributed by atoms with Crippen LogP contribution in [-0.4, -0.2) is 11.2 Å². The standard InChI is InChI=1S/C10H9BrF3N/c11-8-3-6-1-2-7(10(12,13)14)4-9(6)15-5-8/h3,5,7H,1-2,4H2. The van der Waals surface area contributed by atoms with Crippen LogP contribution in [0.2, 0.25) is 0 Å². The molecule has 1 atom stereocenters. The Morgan fingerprint density at radius 2 is 2.13 bits per heavy atom. The molecule has 0 radical (unpaired) electrons. The van der Waals surface area contributed by atoms with Crippen molar-refractivity contribution in [3.8, 4) is 0 Å². The van der Waals surface area contributed by atoms with Crippen molar-refractivity contribution in [1.82, 2.24) is 4.98 Å². The molecule has 1 aromatic heterocycles. The van der Waals surface area contributed by atoms with Gasteiger partial charge in [0.2, 0.25) is 0 Å². The average molecular weight is 280 g/mol. The lowest BCUT2D eigenvalue weighted by Gasteiger charge is -2.25. The zero-order valence-electron chi connectivity index (χ0n) is 7.81. The van der Waals surface area contributed by atoms with E-state index < -0.39 is 12.1 Å². The largest absolute Gasteiger partial charge is 0.392 e. The smallest absolute Gasteiger partial charge is 0.260 e. The van der Waals surface area contributed by atoms with Crippen molar-refractivity contribution in [3.63, 3.8) is 0 Å². The van der Waals surface area contributed by atoms with Gasteiger partial charge in [-0.05, 0) is 40.4 Å². The molecule has 1 nitrogen and oxygen atoms in total. The minimum atomic E-state index is -4.09. The van der Waals surface area contributed by atoms with Gasteiger partial charge in [-0.1, -0.05) is 0 Å². The number of fused-ring (bicyclic) bond motifs is 1. The van der Waals surface area contributed by atoms with Crippen LogP contribution < -0.4 is 0 Å². The third-order valence-electron chi connectivity index (χ3n) is 2.69. The Hall–Kier alpha value is -0.580. The van der Waals surface area contributed by atoms with Gasteiger partial charge in [0.1, 0.15) is 0 Å². The summed E-state index contributed by atoms with van der Waals surface area (Å²) in [4.78, 5) is 4.04. The van der Waals surface area contributed by atoms with Crippen molar-refractivity contribution in [1.29, 1.82) is 0 Å². The minimum absolute atomic E-state index is 0.0200. The molecule has 82 valence electrons. The predicted molar refractivity (Wildman–Crippen MR) is 53.5 cm³/mol. The first kappa shape index (κ1) is 10.9. The van der Waals surface area contributed by atoms with E-state index in [1.54, 1.807) is 6.20 Å². The molecule has 1 aromatic rings. The quantitative estimate of drug-likeness (QED) is 0.708. The number of aromatic nitrogens is 1. The second-order valence-electron chi connectivity index (χ2n) is 3.74. The molecule has 0 aromatic carbocycles. The number of nitrogens with zero attached hydrogens (tertiary/aromatic N) is 1. The number of alkyl halides is 3. The summed E-state index contributed by atoms with van der Waals surface area (Å²) < 4.78 is 38.3. The summed E-state index contributed by atoms with van der Waals surface area (Å²) in [6.07, 6.45) is -1.88. The molecule has 0 spiro atoms. The van der Waals surface area contributed by atoms with Crippen LogP contribution in [0, 0.1) is 5.92 Å². The van der Waals surface area contributed by atoms with Crippen LogP contribution in [-0.2, 0) is 12.8 Å². The Labute approximate surface area is 93.8 Å². The molecule has 5 heteroatoms. The van der Waals surface area contributed by atoms with Gasteiger partial charge in [0.05, 0.1) is 5.92 Å². The van der Waals surface area contributed by atoms with E-state index in [0.717, 1.165) is 10.0 Å². The third kappa shape index (κ3) is 2.33. The Bertz CT molecular complexity index is 375. The molecule has 15 heavy (non-hydrogen) atoms. The normalized spacial score (nSPS) is 21.2. The molecule has 0 aliphatic heterocycles. The average Bonchev–Trinajstić information content (AvgIpc) is 2.15. The second-order valence-corrected chi connectivity index (χ2v) is 4.66. The van der Waals surface area contributed by atoms with E-state index in [1.807, 2.05) is 6.07 Å². The maximum atomic E-state index is 12.5. The highest BCUT2D eigenvalue weighted by Gasteiger charge is 2.41. The van der Waals surface area contributed by atoms with Crippen LogP contribution in [0.15, 0.2) is 16.7 Å². The lowest BCUT2D eigenvalue weighted by Crippen LogP contribution is -2.29. The molecular weight excluding hydrogens is 271 g/mol. The minimum Gasteiger partial charge on any atom is -0.260 e. The van der Waals surface area contributed by atoms with Gasteiger partial charge in [0.15, 0.2) is 0 Å². The van der Waals surface area contributed by atoms with Crippen LogP contribution in [0.3, 0.4) is 0 Å². The Morgan fingerprint density at radius 3 is 2.80 bits per heavy atom. The maximum Gasteiger partial charge on any atom is 0.392 e. The summed E-state index contributed by atoms with van der Waals surface area (Å²) >= 11 is 3.26. The third-order valence-corrected chi connectivity index (χ3v) is 3.12. The number of aryl methyl sites for hydroxylation is 1. The van der Waals surface area contributed by atoms with Gasteiger partial charge in [0.25, 0.3) is 0 Å². The molecule has 1 unspecified atom stereocenters. The zero-order chi connectivity index (χ0) is 11.1. The molecule has 0 amide bonds. The van der Waals surface area contributed by atoms with Gasteiger partial charge < -0.3 is 0 Å². The molecular formula is C10H9BrF3N. The Morgan fingerprint density at radius 1 is 1.40 bits per heavy atom. The number of pyridine rings is 1. The van der Waals surface area contributed by atoms with Crippen LogP contribution in [0.1, 0.15) is 17.7 Å². The summed E-state index contributed by atoms with van der Waals surface area (Å²) in [5.74, 6) is -1.22. The molecule has 2 rings (SSSR count). The SMILES string of the molecule is FC(F)(F)C1CCc2cc(Br)cnc2C1. The molecule has 0 bridgehead atoms. The lowest BCUT2D eigenvalue weighted by molar-refractivity contribution is -0.177. The van der Waals surface area contributed by atoms with E-state index in [-0.39, 0.29) is 12.8 Å². The maximum absolute atomic E-state index is 12.5. The summed E-state index contributed by atoms with van der Waals surface area (Å²) in [6, 6.07) is 1.86. The second kappa shape index (κ2) is 3.77. The van der Waals surface area contributed by atoms with E-state index in [4.69, 9.17) is 0 Å². The molecule has 1 aliphatic rings. The Kier molecular flexibility index (Phi) is 2.75. The van der Waals surface area contributed by atoms with Gasteiger partial charge in [-0.2, -0.15) is 13.2 Å². The first-order valence-electron chi connectivity index (χ1n) is 4.67. The molecule has 1 aliphatic carbocycles. The molecule has 0 saturated carbocycles. The van der Waals surface area contributed by atoms with E-state index in [0.29, 0.717) is 12.1 Å². The first-order chi connectivity index (χ1) is 6.97. The van der Waals surface area contributed by atoms with Gasteiger partial charge in [-0.25, -0.2) is 0 Å². The number of hydrogen-bond acceptors (Lipinski definition) is 1. The van der Waals surface area contributed by atoms with Gasteiger partial charge in [-0.15, -0.1) is 0 Å². The Balaban J connectivity index is 2.24. The van der Waals surface area contributed by atoms with Gasteiger partial charge in [0, 0.05) is 22.8 Å². The van der Waals surface area contributed by atoms with Gasteiger partial charge >= 0.3 is 6.18 Å². The zero-order valence-corrected chi connectivity index (χ0v) is 9.40. The highest BCUT2D eigenvalue weighted by Crippen LogP contribution is 2.36. The highest BCUT2D eigenvalue weighted by molar-refractivity contribution is 9.10. The number of hydrogen-bond donors (Lipinski definition) is 0. The monoisotopic (exact) mass is 279 g/mol. The van der Waals surface area contributed by atoms with Crippen LogP contribution >= 0.6 is 15.9 Å². The van der Waals surface area contributed by atoms with Gasteiger partial charge in [-0.3, -0.25) is 4.98 Å². The topological polar surface area (TPSA) is 12.9 Å². The van der Waals surface area contributed by atoms with E-state index in [1.165, 1.54) is 0 Å². The first-order valence-corrected chi connectivity index (χ1v) is 5.46. The van der Waals surface area contributed by atoms with Crippen molar-refractivity contribution in [2.24, 2.45) is 5.92 Å². The summed E-state index contributed by atoms with van der Waals surface area (Å²) in [7, 11) is 0. The van der Waals surface area contributed by atoms with Crippen LogP contribution in [0.5, 0.6) is 0 Å². The number of halogens is 4. The van der Waals surface area contributed by atoms with E-state index >= 15 is 0 Å². The highest BCUT2D eigenvalue weighted by atomic mass is 79.9. The molecule has 0 saturated heterocycles. The van der Waals surface area contributed by atoms with Crippen LogP contribution in [0.4, 0.5) is 13.2 Å². The van der Waals surface area contributed by atoms with Crippen molar-refractivity contribution in [3.05, 3.63) is 28.0 Å². The molecule has 0 N–H and O–H groups in total. The lowest BCUT2D eigenvalue weighted by atomic mass is 9.86. The fraction of sp³-hybridized carbons (Fsp3) is 0.500. The van der Waals surface area contributed by atoms with Crippen molar-refractivity contribution in [2.45, 2.75) is 25.4 Å². The summed E-state index contributed by atoms with van der Waals surface area (Å²) in [6.45, 7) is 0. The summed E-state index contributed by atoms with van der Waals surface area (Å²) in [5.41, 5.74) is 1.52. The van der Waals surface area contributed by atoms with Crippen molar-refractivity contribution in [2.75, 3.05) is 0 Å². The predicted octanol–water partition coefficient (Wildman–Crippen LogP) is 3.51. The van der Waals surface area contributed by atoms with E-state index in [2.05, 4.69) is 20.9 Å². The molecule has 0 fully saturated rings. The summed E-state index contributed by atoms with van der Waals surface area (Å²) in [5, 5.41) is 0. The fourth-order valence-electron chi connectivity index (χ4n) is 1.85. The van der Waals surface area contributed by atoms with E-state index in [9.17, 15) is 13.2 Å². The molecule has 1 heterocycles. The fourth-order valence-corrected chi connectivity index (χ4v) is 2.23. The van der Waals surface area contributed by atoms with Crippen molar-refractivity contribution < 1.29 is 13.2 Å². The number of rotatable bonds is 0.